The first kappa shape index (κ1) is 31.3. The van der Waals surface area contributed by atoms with E-state index >= 15 is 0 Å². The maximum absolute atomic E-state index is 13.5. The fourth-order valence-electron chi connectivity index (χ4n) is 4.88. The minimum Gasteiger partial charge on any atom is -0.447 e. The number of benzene rings is 2. The number of hydrogen-bond acceptors (Lipinski definition) is 9. The Kier molecular flexibility index (Phi) is 12.4. The first-order valence-corrected chi connectivity index (χ1v) is 14.4. The molecule has 1 saturated heterocycles. The Hall–Kier alpha value is -3.67. The van der Waals surface area contributed by atoms with E-state index in [2.05, 4.69) is 16.7 Å². The summed E-state index contributed by atoms with van der Waals surface area (Å²) in [5, 5.41) is 25.1. The van der Waals surface area contributed by atoms with Crippen LogP contribution in [0.1, 0.15) is 28.9 Å². The number of nitrogens with zero attached hydrogens (tertiary/aromatic N) is 4. The van der Waals surface area contributed by atoms with E-state index in [-0.39, 0.29) is 32.1 Å². The summed E-state index contributed by atoms with van der Waals surface area (Å²) in [6, 6.07) is 21.3. The van der Waals surface area contributed by atoms with Gasteiger partial charge in [-0.15, -0.1) is 0 Å². The third-order valence-electron chi connectivity index (χ3n) is 6.99. The lowest BCUT2D eigenvalue weighted by atomic mass is 10.0. The van der Waals surface area contributed by atoms with Gasteiger partial charge in [0.05, 0.1) is 25.4 Å². The van der Waals surface area contributed by atoms with Gasteiger partial charge in [0.25, 0.3) is 0 Å². The predicted octanol–water partition coefficient (Wildman–Crippen LogP) is 3.17. The van der Waals surface area contributed by atoms with Gasteiger partial charge in [0.15, 0.2) is 5.78 Å². The highest BCUT2D eigenvalue weighted by Crippen LogP contribution is 2.33. The predicted molar refractivity (Wildman–Crippen MR) is 162 cm³/mol. The van der Waals surface area contributed by atoms with Crippen molar-refractivity contribution in [2.75, 3.05) is 64.1 Å². The summed E-state index contributed by atoms with van der Waals surface area (Å²) in [4.78, 5) is 32.3. The standard InChI is InChI=1S/C32H40N5O5/c38-20-18-35(19-21-39)25-26-13-14-29(34-23-26)31(40)24-33-15-22-42-32(41)37(36-16-7-2-8-17-36)30-12-6-5-11-28(30)27-9-3-1-4-10-27/h1-6,9-14,23,33,38-39H,7-8,15-22,24-25H2. The van der Waals surface area contributed by atoms with Crippen molar-refractivity contribution in [2.45, 2.75) is 19.4 Å². The summed E-state index contributed by atoms with van der Waals surface area (Å²) in [6.45, 7) is 3.34. The number of nitrogens with one attached hydrogen (secondary N) is 1. The van der Waals surface area contributed by atoms with Crippen molar-refractivity contribution in [3.05, 3.63) is 90.6 Å². The Balaban J connectivity index is 1.31. The molecule has 0 aliphatic carbocycles. The third kappa shape index (κ3) is 8.91. The van der Waals surface area contributed by atoms with Crippen LogP contribution in [0.5, 0.6) is 0 Å². The molecule has 1 fully saturated rings. The zero-order valence-electron chi connectivity index (χ0n) is 23.9. The lowest BCUT2D eigenvalue weighted by Gasteiger charge is -2.37. The summed E-state index contributed by atoms with van der Waals surface area (Å²) in [5.74, 6) is -0.168. The van der Waals surface area contributed by atoms with Crippen LogP contribution in [0.15, 0.2) is 72.9 Å². The van der Waals surface area contributed by atoms with Gasteiger partial charge in [-0.05, 0) is 42.5 Å². The average molecular weight is 575 g/mol. The van der Waals surface area contributed by atoms with Crippen LogP contribution in [-0.2, 0) is 11.3 Å². The number of ether oxygens (including phenoxy) is 1. The number of carbonyl (C=O) groups is 2. The molecule has 1 aliphatic heterocycles. The molecular weight excluding hydrogens is 534 g/mol. The second-order valence-electron chi connectivity index (χ2n) is 10.0. The molecule has 2 aromatic carbocycles. The van der Waals surface area contributed by atoms with Crippen molar-refractivity contribution < 1.29 is 24.5 Å². The van der Waals surface area contributed by atoms with Crippen LogP contribution in [0, 0.1) is 6.42 Å². The Morgan fingerprint density at radius 3 is 2.33 bits per heavy atom. The second-order valence-corrected chi connectivity index (χ2v) is 10.0. The number of aliphatic hydroxyl groups excluding tert-OH is 2. The molecule has 3 N–H and O–H groups in total. The highest BCUT2D eigenvalue weighted by Gasteiger charge is 2.28. The van der Waals surface area contributed by atoms with E-state index in [1.54, 1.807) is 17.3 Å². The number of hydrogen-bond donors (Lipinski definition) is 3. The highest BCUT2D eigenvalue weighted by molar-refractivity contribution is 5.96. The van der Waals surface area contributed by atoms with Gasteiger partial charge in [-0.2, -0.15) is 0 Å². The molecule has 0 bridgehead atoms. The molecule has 223 valence electrons. The first-order valence-electron chi connectivity index (χ1n) is 14.4. The van der Waals surface area contributed by atoms with E-state index < -0.39 is 6.09 Å². The lowest BCUT2D eigenvalue weighted by Crippen LogP contribution is -2.50. The molecular formula is C32H40N5O5. The van der Waals surface area contributed by atoms with Crippen molar-refractivity contribution in [1.82, 2.24) is 20.2 Å². The van der Waals surface area contributed by atoms with Crippen molar-refractivity contribution in [3.63, 3.8) is 0 Å². The van der Waals surface area contributed by atoms with Crippen molar-refractivity contribution in [1.29, 1.82) is 0 Å². The number of rotatable bonds is 15. The van der Waals surface area contributed by atoms with Gasteiger partial charge < -0.3 is 20.3 Å². The molecule has 0 atom stereocenters. The number of piperidine rings is 1. The van der Waals surface area contributed by atoms with Crippen LogP contribution in [0.3, 0.4) is 0 Å². The number of anilines is 1. The number of ketones is 1. The number of hydrazine groups is 1. The largest absolute Gasteiger partial charge is 0.447 e. The summed E-state index contributed by atoms with van der Waals surface area (Å²) in [5.41, 5.74) is 3.96. The van der Waals surface area contributed by atoms with Gasteiger partial charge in [-0.3, -0.25) is 14.7 Å². The SMILES string of the molecule is O=C(CNCCOC(=O)N(c1ccccc1-c1ccccc1)N1CC[CH]CC1)c1ccc(CN(CCO)CCO)cn1. The van der Waals surface area contributed by atoms with E-state index in [0.717, 1.165) is 48.3 Å². The Morgan fingerprint density at radius 2 is 1.64 bits per heavy atom. The Morgan fingerprint density at radius 1 is 0.929 bits per heavy atom. The Bertz CT molecular complexity index is 1250. The average Bonchev–Trinajstić information content (AvgIpc) is 3.03. The smallest absolute Gasteiger partial charge is 0.429 e. The minimum absolute atomic E-state index is 0.000978. The maximum Gasteiger partial charge on any atom is 0.429 e. The molecule has 1 aromatic heterocycles. The van der Waals surface area contributed by atoms with Crippen LogP contribution in [-0.4, -0.2) is 96.1 Å². The third-order valence-corrected chi connectivity index (χ3v) is 6.99. The van der Waals surface area contributed by atoms with Crippen LogP contribution >= 0.6 is 0 Å². The summed E-state index contributed by atoms with van der Waals surface area (Å²) in [7, 11) is 0. The van der Waals surface area contributed by atoms with Gasteiger partial charge in [0, 0.05) is 51.0 Å². The zero-order valence-corrected chi connectivity index (χ0v) is 23.9. The van der Waals surface area contributed by atoms with E-state index in [1.807, 2.05) is 70.6 Å². The molecule has 10 heteroatoms. The molecule has 2 heterocycles. The van der Waals surface area contributed by atoms with Gasteiger partial charge in [0.2, 0.25) is 0 Å². The number of aliphatic hydroxyl groups is 2. The van der Waals surface area contributed by atoms with E-state index in [9.17, 15) is 19.8 Å². The fraction of sp³-hybridized carbons (Fsp3) is 0.375. The van der Waals surface area contributed by atoms with Gasteiger partial charge in [0.1, 0.15) is 12.3 Å². The summed E-state index contributed by atoms with van der Waals surface area (Å²) in [6.07, 6.45) is 5.19. The molecule has 10 nitrogen and oxygen atoms in total. The molecule has 4 rings (SSSR count). The Labute approximate surface area is 247 Å². The number of carbonyl (C=O) groups excluding carboxylic acids is 2. The number of amides is 1. The van der Waals surface area contributed by atoms with E-state index in [0.29, 0.717) is 31.9 Å². The highest BCUT2D eigenvalue weighted by atomic mass is 16.6. The normalized spacial score (nSPS) is 13.7. The van der Waals surface area contributed by atoms with Gasteiger partial charge in [-0.25, -0.2) is 14.8 Å². The molecule has 0 saturated carbocycles. The van der Waals surface area contributed by atoms with Crippen LogP contribution in [0.4, 0.5) is 10.5 Å². The number of Topliss-reactive ketones (excluding diaryl/α,β-unsaturated/α-hetero) is 1. The maximum atomic E-state index is 13.5. The van der Waals surface area contributed by atoms with Gasteiger partial charge >= 0.3 is 6.09 Å². The van der Waals surface area contributed by atoms with E-state index in [4.69, 9.17) is 4.74 Å². The molecule has 42 heavy (non-hydrogen) atoms. The van der Waals surface area contributed by atoms with Crippen molar-refractivity contribution in [2.24, 2.45) is 0 Å². The molecule has 1 radical (unpaired) electrons. The second kappa shape index (κ2) is 16.7. The van der Waals surface area contributed by atoms with Crippen LogP contribution < -0.4 is 10.3 Å². The van der Waals surface area contributed by atoms with E-state index in [1.165, 1.54) is 0 Å². The molecule has 3 aromatic rings. The van der Waals surface area contributed by atoms with Crippen molar-refractivity contribution >= 4 is 17.6 Å². The molecule has 0 unspecified atom stereocenters. The fourth-order valence-corrected chi connectivity index (χ4v) is 4.88. The summed E-state index contributed by atoms with van der Waals surface area (Å²) >= 11 is 0. The van der Waals surface area contributed by atoms with Crippen LogP contribution in [0.2, 0.25) is 0 Å². The number of pyridine rings is 1. The quantitative estimate of drug-likeness (QED) is 0.186. The molecule has 0 spiro atoms. The topological polar surface area (TPSA) is 118 Å². The number of aromatic nitrogens is 1. The number of para-hydroxylation sites is 1. The summed E-state index contributed by atoms with van der Waals surface area (Å²) < 4.78 is 5.69. The zero-order chi connectivity index (χ0) is 29.6. The lowest BCUT2D eigenvalue weighted by molar-refractivity contribution is 0.0982. The van der Waals surface area contributed by atoms with Crippen LogP contribution in [0.25, 0.3) is 11.1 Å². The monoisotopic (exact) mass is 574 g/mol. The van der Waals surface area contributed by atoms with Crippen molar-refractivity contribution in [3.8, 4) is 11.1 Å². The molecule has 1 aliphatic rings. The molecule has 1 amide bonds. The van der Waals surface area contributed by atoms with Gasteiger partial charge in [-0.1, -0.05) is 54.6 Å². The minimum atomic E-state index is -0.456. The first-order chi connectivity index (χ1) is 20.6.